The van der Waals surface area contributed by atoms with Crippen LogP contribution < -0.4 is 11.1 Å². The predicted octanol–water partition coefficient (Wildman–Crippen LogP) is 7.27. The van der Waals surface area contributed by atoms with Gasteiger partial charge in [0.1, 0.15) is 6.10 Å². The second kappa shape index (κ2) is 12.5. The maximum atomic E-state index is 12.5. The van der Waals surface area contributed by atoms with Crippen LogP contribution in [0.1, 0.15) is 118 Å². The second-order valence-corrected chi connectivity index (χ2v) is 14.3. The third kappa shape index (κ3) is 6.32. The summed E-state index contributed by atoms with van der Waals surface area (Å²) < 4.78 is 5.97. The molecule has 4 nitrogen and oxygen atoms in total. The number of carbonyl (C=O) groups excluding carboxylic acids is 1. The zero-order chi connectivity index (χ0) is 26.6. The van der Waals surface area contributed by atoms with Crippen LogP contribution in [-0.2, 0) is 9.53 Å². The molecule has 0 radical (unpaired) electrons. The SMILES string of the molecule is CC(C)CCCC(C)C1CCC2C3CC=C4CC(OC(=O)CCCNCCN)CCC4(C)C3CCC12C. The summed E-state index contributed by atoms with van der Waals surface area (Å²) in [5.74, 6) is 5.20. The van der Waals surface area contributed by atoms with Gasteiger partial charge < -0.3 is 15.8 Å². The predicted molar refractivity (Wildman–Crippen MR) is 154 cm³/mol. The van der Waals surface area contributed by atoms with Gasteiger partial charge in [0.25, 0.3) is 0 Å². The fourth-order valence-corrected chi connectivity index (χ4v) is 9.58. The standard InChI is InChI=1S/C33H58N2O2/c1-23(2)8-6-9-24(3)28-13-14-29-27-12-11-25-22-26(37-31(36)10-7-20-35-21-19-34)15-17-32(25,4)30(27)16-18-33(28,29)5/h11,23-24,26-30,35H,6-10,12-22,34H2,1-5H3. The van der Waals surface area contributed by atoms with Crippen molar-refractivity contribution in [2.75, 3.05) is 19.6 Å². The van der Waals surface area contributed by atoms with Crippen molar-refractivity contribution >= 4 is 5.97 Å². The lowest BCUT2D eigenvalue weighted by atomic mass is 9.47. The highest BCUT2D eigenvalue weighted by Gasteiger charge is 2.59. The van der Waals surface area contributed by atoms with E-state index in [4.69, 9.17) is 10.5 Å². The minimum absolute atomic E-state index is 0.0228. The first-order valence-electron chi connectivity index (χ1n) is 16.0. The molecule has 37 heavy (non-hydrogen) atoms. The van der Waals surface area contributed by atoms with Gasteiger partial charge in [-0.1, -0.05) is 65.5 Å². The highest BCUT2D eigenvalue weighted by Crippen LogP contribution is 2.67. The van der Waals surface area contributed by atoms with E-state index < -0.39 is 0 Å². The number of fused-ring (bicyclic) bond motifs is 5. The number of allylic oxidation sites excluding steroid dienone is 1. The van der Waals surface area contributed by atoms with Gasteiger partial charge in [-0.25, -0.2) is 0 Å². The van der Waals surface area contributed by atoms with Gasteiger partial charge >= 0.3 is 5.97 Å². The van der Waals surface area contributed by atoms with E-state index in [9.17, 15) is 4.79 Å². The monoisotopic (exact) mass is 514 g/mol. The molecule has 4 heteroatoms. The molecule has 0 aliphatic heterocycles. The second-order valence-electron chi connectivity index (χ2n) is 14.3. The van der Waals surface area contributed by atoms with Crippen molar-refractivity contribution in [1.82, 2.24) is 5.32 Å². The highest BCUT2D eigenvalue weighted by atomic mass is 16.5. The summed E-state index contributed by atoms with van der Waals surface area (Å²) in [5.41, 5.74) is 7.99. The Labute approximate surface area is 228 Å². The normalized spacial score (nSPS) is 37.9. The molecule has 3 fully saturated rings. The number of nitrogens with two attached hydrogens (primary N) is 1. The molecule has 0 heterocycles. The van der Waals surface area contributed by atoms with Crippen molar-refractivity contribution in [3.63, 3.8) is 0 Å². The minimum atomic E-state index is -0.0228. The van der Waals surface area contributed by atoms with Gasteiger partial charge in [-0.05, 0) is 104 Å². The maximum Gasteiger partial charge on any atom is 0.306 e. The van der Waals surface area contributed by atoms with Gasteiger partial charge in [-0.3, -0.25) is 4.79 Å². The number of hydrogen-bond donors (Lipinski definition) is 2. The van der Waals surface area contributed by atoms with E-state index in [-0.39, 0.29) is 12.1 Å². The van der Waals surface area contributed by atoms with Gasteiger partial charge in [-0.2, -0.15) is 0 Å². The van der Waals surface area contributed by atoms with Crippen LogP contribution in [0.3, 0.4) is 0 Å². The van der Waals surface area contributed by atoms with Crippen LogP contribution in [0.4, 0.5) is 0 Å². The molecule has 0 bridgehead atoms. The minimum Gasteiger partial charge on any atom is -0.462 e. The van der Waals surface area contributed by atoms with Crippen LogP contribution in [0, 0.1) is 46.3 Å². The highest BCUT2D eigenvalue weighted by molar-refractivity contribution is 5.69. The third-order valence-electron chi connectivity index (χ3n) is 11.6. The summed E-state index contributed by atoms with van der Waals surface area (Å²) >= 11 is 0. The molecular weight excluding hydrogens is 456 g/mol. The van der Waals surface area contributed by atoms with Crippen LogP contribution >= 0.6 is 0 Å². The molecule has 3 N–H and O–H groups in total. The number of hydrogen-bond acceptors (Lipinski definition) is 4. The molecule has 4 aliphatic carbocycles. The Hall–Kier alpha value is -0.870. The summed E-state index contributed by atoms with van der Waals surface area (Å²) in [6.07, 6.45) is 18.4. The van der Waals surface area contributed by atoms with E-state index >= 15 is 0 Å². The third-order valence-corrected chi connectivity index (χ3v) is 11.6. The van der Waals surface area contributed by atoms with Crippen LogP contribution in [0.5, 0.6) is 0 Å². The van der Waals surface area contributed by atoms with E-state index in [1.54, 1.807) is 5.57 Å². The molecule has 8 unspecified atom stereocenters. The molecule has 0 saturated heterocycles. The molecule has 3 saturated carbocycles. The van der Waals surface area contributed by atoms with Gasteiger partial charge in [0.15, 0.2) is 0 Å². The molecule has 8 atom stereocenters. The summed E-state index contributed by atoms with van der Waals surface area (Å²) in [4.78, 5) is 12.5. The maximum absolute atomic E-state index is 12.5. The molecule has 0 amide bonds. The average molecular weight is 515 g/mol. The molecule has 0 aromatic rings. The zero-order valence-electron chi connectivity index (χ0n) is 24.8. The molecule has 4 rings (SSSR count). The van der Waals surface area contributed by atoms with Crippen LogP contribution in [0.15, 0.2) is 11.6 Å². The van der Waals surface area contributed by atoms with Gasteiger partial charge in [0, 0.05) is 25.9 Å². The van der Waals surface area contributed by atoms with Crippen LogP contribution in [0.25, 0.3) is 0 Å². The van der Waals surface area contributed by atoms with E-state index in [0.29, 0.717) is 23.8 Å². The summed E-state index contributed by atoms with van der Waals surface area (Å²) in [6, 6.07) is 0. The molecule has 0 spiro atoms. The molecule has 4 aliphatic rings. The molecular formula is C33H58N2O2. The topological polar surface area (TPSA) is 64.3 Å². The first-order valence-corrected chi connectivity index (χ1v) is 16.0. The number of carbonyl (C=O) groups is 1. The molecule has 212 valence electrons. The number of rotatable bonds is 12. The zero-order valence-corrected chi connectivity index (χ0v) is 24.8. The van der Waals surface area contributed by atoms with E-state index in [0.717, 1.165) is 67.9 Å². The van der Waals surface area contributed by atoms with E-state index in [1.807, 2.05) is 0 Å². The largest absolute Gasteiger partial charge is 0.462 e. The summed E-state index contributed by atoms with van der Waals surface area (Å²) in [5, 5.41) is 3.26. The summed E-state index contributed by atoms with van der Waals surface area (Å²) in [6.45, 7) is 14.8. The Morgan fingerprint density at radius 1 is 1.05 bits per heavy atom. The number of ether oxygens (including phenoxy) is 1. The van der Waals surface area contributed by atoms with Crippen LogP contribution in [-0.4, -0.2) is 31.7 Å². The first kappa shape index (κ1) is 29.1. The Balaban J connectivity index is 1.34. The lowest BCUT2D eigenvalue weighted by molar-refractivity contribution is -0.151. The molecule has 0 aromatic carbocycles. The number of nitrogens with one attached hydrogen (secondary N) is 1. The van der Waals surface area contributed by atoms with Crippen molar-refractivity contribution in [2.24, 2.45) is 52.1 Å². The molecule has 0 aromatic heterocycles. The first-order chi connectivity index (χ1) is 17.7. The van der Waals surface area contributed by atoms with Crippen molar-refractivity contribution in [3.05, 3.63) is 11.6 Å². The Bertz CT molecular complexity index is 793. The van der Waals surface area contributed by atoms with Gasteiger partial charge in [-0.15, -0.1) is 0 Å². The Morgan fingerprint density at radius 2 is 1.86 bits per heavy atom. The quantitative estimate of drug-likeness (QED) is 0.163. The van der Waals surface area contributed by atoms with Crippen LogP contribution in [0.2, 0.25) is 0 Å². The summed E-state index contributed by atoms with van der Waals surface area (Å²) in [7, 11) is 0. The van der Waals surface area contributed by atoms with E-state index in [1.165, 1.54) is 57.8 Å². The van der Waals surface area contributed by atoms with Crippen molar-refractivity contribution < 1.29 is 9.53 Å². The fraction of sp³-hybridized carbons (Fsp3) is 0.909. The lowest BCUT2D eigenvalue weighted by Crippen LogP contribution is -2.51. The van der Waals surface area contributed by atoms with Crippen molar-refractivity contribution in [1.29, 1.82) is 0 Å². The van der Waals surface area contributed by atoms with Gasteiger partial charge in [0.05, 0.1) is 0 Å². The Morgan fingerprint density at radius 3 is 2.62 bits per heavy atom. The van der Waals surface area contributed by atoms with E-state index in [2.05, 4.69) is 46.0 Å². The Kier molecular flexibility index (Phi) is 9.87. The number of esters is 1. The lowest BCUT2D eigenvalue weighted by Gasteiger charge is -2.58. The fourth-order valence-electron chi connectivity index (χ4n) is 9.58. The average Bonchev–Trinajstić information content (AvgIpc) is 3.21. The smallest absolute Gasteiger partial charge is 0.306 e. The van der Waals surface area contributed by atoms with Gasteiger partial charge in [0.2, 0.25) is 0 Å². The van der Waals surface area contributed by atoms with Crippen molar-refractivity contribution in [2.45, 2.75) is 124 Å². The van der Waals surface area contributed by atoms with Crippen molar-refractivity contribution in [3.8, 4) is 0 Å².